The van der Waals surface area contributed by atoms with Crippen molar-refractivity contribution in [1.29, 1.82) is 0 Å². The molecular formula is C26H33N5O5S2. The lowest BCUT2D eigenvalue weighted by molar-refractivity contribution is -0.118. The number of thioether (sulfide) groups is 1. The lowest BCUT2D eigenvalue weighted by Gasteiger charge is -2.18. The average Bonchev–Trinajstić information content (AvgIpc) is 3.31. The molecule has 1 heterocycles. The highest BCUT2D eigenvalue weighted by Gasteiger charge is 2.22. The summed E-state index contributed by atoms with van der Waals surface area (Å²) in [5, 5.41) is 11.9. The van der Waals surface area contributed by atoms with E-state index in [1.165, 1.54) is 47.3 Å². The molecule has 1 aromatic heterocycles. The number of carbonyl (C=O) groups excluding carboxylic acids is 2. The molecule has 0 saturated carbocycles. The Kier molecular flexibility index (Phi) is 10.5. The van der Waals surface area contributed by atoms with E-state index in [1.54, 1.807) is 13.8 Å². The van der Waals surface area contributed by atoms with E-state index in [1.807, 2.05) is 35.8 Å². The van der Waals surface area contributed by atoms with E-state index in [0.717, 1.165) is 11.4 Å². The number of hydrogen-bond donors (Lipinski definition) is 1. The van der Waals surface area contributed by atoms with Crippen LogP contribution in [0.25, 0.3) is 5.69 Å². The van der Waals surface area contributed by atoms with Gasteiger partial charge in [0.2, 0.25) is 15.9 Å². The summed E-state index contributed by atoms with van der Waals surface area (Å²) in [4.78, 5) is 24.4. The maximum Gasteiger partial charge on any atom is 0.243 e. The topological polar surface area (TPSA) is 123 Å². The molecule has 0 spiro atoms. The van der Waals surface area contributed by atoms with Gasteiger partial charge in [0.05, 0.1) is 17.3 Å². The molecule has 10 nitrogen and oxygen atoms in total. The first-order valence-corrected chi connectivity index (χ1v) is 14.8. The van der Waals surface area contributed by atoms with Crippen LogP contribution in [0.5, 0.6) is 5.75 Å². The number of benzene rings is 2. The smallest absolute Gasteiger partial charge is 0.243 e. The molecule has 2 aromatic carbocycles. The van der Waals surface area contributed by atoms with Gasteiger partial charge in [0.25, 0.3) is 0 Å². The van der Waals surface area contributed by atoms with E-state index >= 15 is 0 Å². The van der Waals surface area contributed by atoms with Gasteiger partial charge in [0.1, 0.15) is 11.6 Å². The number of hydrogen-bond acceptors (Lipinski definition) is 8. The zero-order chi connectivity index (χ0) is 27.7. The summed E-state index contributed by atoms with van der Waals surface area (Å²) in [5.41, 5.74) is 1.21. The largest absolute Gasteiger partial charge is 0.494 e. The van der Waals surface area contributed by atoms with Gasteiger partial charge in [-0.25, -0.2) is 8.42 Å². The van der Waals surface area contributed by atoms with Gasteiger partial charge in [-0.1, -0.05) is 37.7 Å². The summed E-state index contributed by atoms with van der Waals surface area (Å²) in [6.07, 6.45) is 0.455. The third kappa shape index (κ3) is 7.21. The van der Waals surface area contributed by atoms with E-state index in [9.17, 15) is 18.0 Å². The molecule has 12 heteroatoms. The minimum Gasteiger partial charge on any atom is -0.494 e. The summed E-state index contributed by atoms with van der Waals surface area (Å²) in [6, 6.07) is 13.5. The highest BCUT2D eigenvalue weighted by molar-refractivity contribution is 7.99. The number of amides is 1. The molecule has 1 amide bonds. The Hall–Kier alpha value is -3.22. The van der Waals surface area contributed by atoms with Gasteiger partial charge >= 0.3 is 0 Å². The molecule has 0 aliphatic carbocycles. The molecule has 0 aliphatic heterocycles. The second-order valence-corrected chi connectivity index (χ2v) is 11.1. The summed E-state index contributed by atoms with van der Waals surface area (Å²) < 4.78 is 34.2. The second kappa shape index (κ2) is 13.5. The van der Waals surface area contributed by atoms with Crippen molar-refractivity contribution in [2.75, 3.05) is 32.0 Å². The molecular weight excluding hydrogens is 526 g/mol. The first kappa shape index (κ1) is 29.3. The Morgan fingerprint density at radius 1 is 1.00 bits per heavy atom. The molecule has 0 saturated heterocycles. The molecule has 0 unspecified atom stereocenters. The third-order valence-corrected chi connectivity index (χ3v) is 8.67. The summed E-state index contributed by atoms with van der Waals surface area (Å²) in [5.74, 6) is 1.17. The molecule has 3 aromatic rings. The average molecular weight is 560 g/mol. The highest BCUT2D eigenvalue weighted by atomic mass is 32.2. The fraction of sp³-hybridized carbons (Fsp3) is 0.385. The zero-order valence-electron chi connectivity index (χ0n) is 22.0. The Balaban J connectivity index is 1.78. The molecule has 1 N–H and O–H groups in total. The Morgan fingerprint density at radius 2 is 1.66 bits per heavy atom. The van der Waals surface area contributed by atoms with Gasteiger partial charge in [0, 0.05) is 44.2 Å². The van der Waals surface area contributed by atoms with E-state index in [4.69, 9.17) is 4.74 Å². The number of carbonyl (C=O) groups is 2. The minimum absolute atomic E-state index is 0.0863. The predicted octanol–water partition coefficient (Wildman–Crippen LogP) is 3.35. The number of rotatable bonds is 14. The van der Waals surface area contributed by atoms with Crippen LogP contribution in [0.4, 0.5) is 0 Å². The number of ether oxygens (including phenoxy) is 1. The Bertz CT molecular complexity index is 1340. The maximum atomic E-state index is 12.9. The standard InChI is InChI=1S/C26H33N5O5S2/c1-5-30(6-2)38(34,35)23-14-8-20(9-15-23)24(33)18-37-26-29-28-25(16-17-27-19(4)32)31(26)21-10-12-22(13-11-21)36-7-3/h8-15H,5-7,16-18H2,1-4H3,(H,27,32). The fourth-order valence-corrected chi connectivity index (χ4v) is 6.09. The number of nitrogens with zero attached hydrogens (tertiary/aromatic N) is 4. The second-order valence-electron chi connectivity index (χ2n) is 8.22. The van der Waals surface area contributed by atoms with E-state index in [-0.39, 0.29) is 22.3 Å². The van der Waals surface area contributed by atoms with Gasteiger partial charge in [-0.05, 0) is 43.3 Å². The third-order valence-electron chi connectivity index (χ3n) is 5.68. The Morgan fingerprint density at radius 3 is 2.24 bits per heavy atom. The van der Waals surface area contributed by atoms with Crippen LogP contribution in [0, 0.1) is 0 Å². The zero-order valence-corrected chi connectivity index (χ0v) is 23.6. The fourth-order valence-electron chi connectivity index (χ4n) is 3.76. The normalized spacial score (nSPS) is 11.5. The summed E-state index contributed by atoms with van der Waals surface area (Å²) >= 11 is 1.24. The van der Waals surface area contributed by atoms with Crippen molar-refractivity contribution in [3.63, 3.8) is 0 Å². The lowest BCUT2D eigenvalue weighted by atomic mass is 10.1. The van der Waals surface area contributed by atoms with Crippen molar-refractivity contribution in [3.05, 3.63) is 59.9 Å². The van der Waals surface area contributed by atoms with Gasteiger partial charge < -0.3 is 10.1 Å². The van der Waals surface area contributed by atoms with Crippen molar-refractivity contribution < 1.29 is 22.7 Å². The van der Waals surface area contributed by atoms with Gasteiger partial charge in [-0.3, -0.25) is 14.2 Å². The van der Waals surface area contributed by atoms with Crippen LogP contribution in [0.2, 0.25) is 0 Å². The van der Waals surface area contributed by atoms with Crippen molar-refractivity contribution in [1.82, 2.24) is 24.4 Å². The molecule has 0 fully saturated rings. The van der Waals surface area contributed by atoms with Crippen LogP contribution in [-0.2, 0) is 21.2 Å². The van der Waals surface area contributed by atoms with E-state index < -0.39 is 10.0 Å². The molecule has 3 rings (SSSR count). The van der Waals surface area contributed by atoms with Crippen molar-refractivity contribution in [3.8, 4) is 11.4 Å². The van der Waals surface area contributed by atoms with Crippen molar-refractivity contribution in [2.24, 2.45) is 0 Å². The van der Waals surface area contributed by atoms with Crippen LogP contribution >= 0.6 is 11.8 Å². The van der Waals surface area contributed by atoms with Crippen LogP contribution in [0.15, 0.2) is 58.6 Å². The first-order valence-electron chi connectivity index (χ1n) is 12.4. The predicted molar refractivity (Wildman–Crippen MR) is 147 cm³/mol. The molecule has 38 heavy (non-hydrogen) atoms. The molecule has 0 radical (unpaired) electrons. The molecule has 204 valence electrons. The Labute approximate surface area is 227 Å². The summed E-state index contributed by atoms with van der Waals surface area (Å²) in [6.45, 7) is 8.64. The SMILES string of the molecule is CCOc1ccc(-n2c(CCNC(C)=O)nnc2SCC(=O)c2ccc(S(=O)(=O)N(CC)CC)cc2)cc1. The van der Waals surface area contributed by atoms with Crippen LogP contribution in [0.3, 0.4) is 0 Å². The van der Waals surface area contributed by atoms with E-state index in [0.29, 0.717) is 49.2 Å². The van der Waals surface area contributed by atoms with Crippen molar-refractivity contribution in [2.45, 2.75) is 44.2 Å². The van der Waals surface area contributed by atoms with Crippen LogP contribution < -0.4 is 10.1 Å². The number of sulfonamides is 1. The highest BCUT2D eigenvalue weighted by Crippen LogP contribution is 2.25. The lowest BCUT2D eigenvalue weighted by Crippen LogP contribution is -2.30. The molecule has 0 aliphatic rings. The number of ketones is 1. The first-order chi connectivity index (χ1) is 18.2. The quantitative estimate of drug-likeness (QED) is 0.236. The van der Waals surface area contributed by atoms with Gasteiger partial charge in [-0.2, -0.15) is 4.31 Å². The van der Waals surface area contributed by atoms with Crippen molar-refractivity contribution >= 4 is 33.5 Å². The van der Waals surface area contributed by atoms with E-state index in [2.05, 4.69) is 15.5 Å². The van der Waals surface area contributed by atoms with Gasteiger partial charge in [-0.15, -0.1) is 10.2 Å². The number of nitrogens with one attached hydrogen (secondary N) is 1. The van der Waals surface area contributed by atoms with Crippen LogP contribution in [0.1, 0.15) is 43.9 Å². The summed E-state index contributed by atoms with van der Waals surface area (Å²) in [7, 11) is -3.59. The van der Waals surface area contributed by atoms with Gasteiger partial charge in [0.15, 0.2) is 10.9 Å². The van der Waals surface area contributed by atoms with Crippen LogP contribution in [-0.4, -0.2) is 71.2 Å². The molecule has 0 atom stereocenters. The molecule has 0 bridgehead atoms. The number of aromatic nitrogens is 3. The monoisotopic (exact) mass is 559 g/mol. The number of Topliss-reactive ketones (excluding diaryl/α,β-unsaturated/α-hetero) is 1. The minimum atomic E-state index is -3.59. The maximum absolute atomic E-state index is 12.9.